The molecule has 0 unspecified atom stereocenters. The summed E-state index contributed by atoms with van der Waals surface area (Å²) < 4.78 is 4.77. The lowest BCUT2D eigenvalue weighted by atomic mass is 10.2. The minimum Gasteiger partial charge on any atom is -0.461 e. The maximum absolute atomic E-state index is 11.1. The van der Waals surface area contributed by atoms with Crippen LogP contribution >= 0.6 is 0 Å². The standard InChI is InChI=1S/C10H11N3O6/c11-2-1-10(14)19-6-7-3-8(12(15)16)5-9(4-7)13(17)18/h3-5H,1-2,6,11H2. The Morgan fingerprint density at radius 3 is 2.11 bits per heavy atom. The molecule has 0 aromatic heterocycles. The Morgan fingerprint density at radius 2 is 1.68 bits per heavy atom. The zero-order valence-corrected chi connectivity index (χ0v) is 9.77. The van der Waals surface area contributed by atoms with Crippen LogP contribution in [0.5, 0.6) is 0 Å². The van der Waals surface area contributed by atoms with E-state index >= 15 is 0 Å². The van der Waals surface area contributed by atoms with Crippen molar-refractivity contribution in [1.82, 2.24) is 0 Å². The molecule has 2 N–H and O–H groups in total. The fourth-order valence-electron chi connectivity index (χ4n) is 1.30. The predicted octanol–water partition coefficient (Wildman–Crippen LogP) is 0.895. The Kier molecular flexibility index (Phi) is 4.89. The number of nitro groups is 2. The fraction of sp³-hybridized carbons (Fsp3) is 0.300. The van der Waals surface area contributed by atoms with Crippen molar-refractivity contribution in [2.75, 3.05) is 6.54 Å². The predicted molar refractivity (Wildman–Crippen MR) is 63.2 cm³/mol. The first-order chi connectivity index (χ1) is 8.93. The van der Waals surface area contributed by atoms with Gasteiger partial charge in [-0.2, -0.15) is 0 Å². The van der Waals surface area contributed by atoms with Gasteiger partial charge in [-0.3, -0.25) is 25.0 Å². The highest BCUT2D eigenvalue weighted by atomic mass is 16.6. The Balaban J connectivity index is 2.90. The van der Waals surface area contributed by atoms with Crippen molar-refractivity contribution in [2.24, 2.45) is 5.73 Å². The number of ether oxygens (including phenoxy) is 1. The van der Waals surface area contributed by atoms with Crippen molar-refractivity contribution in [3.05, 3.63) is 44.0 Å². The molecule has 0 fully saturated rings. The number of nitro benzene ring substituents is 2. The van der Waals surface area contributed by atoms with E-state index in [9.17, 15) is 25.0 Å². The SMILES string of the molecule is NCCC(=O)OCc1cc([N+](=O)[O-])cc([N+](=O)[O-])c1. The van der Waals surface area contributed by atoms with Gasteiger partial charge < -0.3 is 10.5 Å². The van der Waals surface area contributed by atoms with Crippen molar-refractivity contribution in [3.8, 4) is 0 Å². The summed E-state index contributed by atoms with van der Waals surface area (Å²) in [6, 6.07) is 3.07. The summed E-state index contributed by atoms with van der Waals surface area (Å²) in [5, 5.41) is 21.3. The number of nitrogens with zero attached hydrogens (tertiary/aromatic N) is 2. The minimum absolute atomic E-state index is 0.0109. The summed E-state index contributed by atoms with van der Waals surface area (Å²) >= 11 is 0. The van der Waals surface area contributed by atoms with Gasteiger partial charge in [0.1, 0.15) is 6.61 Å². The van der Waals surface area contributed by atoms with Gasteiger partial charge in [-0.1, -0.05) is 0 Å². The number of hydrogen-bond donors (Lipinski definition) is 1. The molecule has 0 aliphatic heterocycles. The van der Waals surface area contributed by atoms with Crippen molar-refractivity contribution in [1.29, 1.82) is 0 Å². The molecule has 0 atom stereocenters. The summed E-state index contributed by atoms with van der Waals surface area (Å²) in [4.78, 5) is 30.8. The van der Waals surface area contributed by atoms with Gasteiger partial charge in [-0.05, 0) is 0 Å². The van der Waals surface area contributed by atoms with E-state index in [1.807, 2.05) is 0 Å². The topological polar surface area (TPSA) is 139 Å². The number of hydrogen-bond acceptors (Lipinski definition) is 7. The molecular formula is C10H11N3O6. The molecule has 0 aliphatic rings. The number of non-ortho nitro benzene ring substituents is 2. The van der Waals surface area contributed by atoms with Crippen molar-refractivity contribution < 1.29 is 19.4 Å². The second-order valence-corrected chi connectivity index (χ2v) is 3.57. The molecule has 0 amide bonds. The summed E-state index contributed by atoms with van der Waals surface area (Å²) in [5.41, 5.74) is 4.46. The van der Waals surface area contributed by atoms with Crippen LogP contribution < -0.4 is 5.73 Å². The molecule has 0 spiro atoms. The molecule has 9 heteroatoms. The van der Waals surface area contributed by atoms with Gasteiger partial charge >= 0.3 is 5.97 Å². The highest BCUT2D eigenvalue weighted by molar-refractivity contribution is 5.69. The lowest BCUT2D eigenvalue weighted by molar-refractivity contribution is -0.394. The Hall–Kier alpha value is -2.55. The van der Waals surface area contributed by atoms with Crippen LogP contribution in [0.1, 0.15) is 12.0 Å². The largest absolute Gasteiger partial charge is 0.461 e. The molecule has 0 heterocycles. The Morgan fingerprint density at radius 1 is 1.16 bits per heavy atom. The molecule has 1 aromatic rings. The fourth-order valence-corrected chi connectivity index (χ4v) is 1.30. The molecule has 0 radical (unpaired) electrons. The number of rotatable bonds is 6. The third-order valence-electron chi connectivity index (χ3n) is 2.13. The number of carbonyl (C=O) groups excluding carboxylic acids is 1. The average molecular weight is 269 g/mol. The molecule has 19 heavy (non-hydrogen) atoms. The third-order valence-corrected chi connectivity index (χ3v) is 2.13. The summed E-state index contributed by atoms with van der Waals surface area (Å²) in [7, 11) is 0. The van der Waals surface area contributed by atoms with Crippen molar-refractivity contribution in [3.63, 3.8) is 0 Å². The molecule has 1 aromatic carbocycles. The van der Waals surface area contributed by atoms with Gasteiger partial charge in [-0.25, -0.2) is 0 Å². The van der Waals surface area contributed by atoms with Gasteiger partial charge in [-0.15, -0.1) is 0 Å². The van der Waals surface area contributed by atoms with E-state index < -0.39 is 27.2 Å². The van der Waals surface area contributed by atoms with Gasteiger partial charge in [0.15, 0.2) is 0 Å². The molecule has 0 saturated carbocycles. The van der Waals surface area contributed by atoms with Crippen LogP contribution in [0.2, 0.25) is 0 Å². The highest BCUT2D eigenvalue weighted by Crippen LogP contribution is 2.23. The lowest BCUT2D eigenvalue weighted by Crippen LogP contribution is -2.11. The van der Waals surface area contributed by atoms with Gasteiger partial charge in [0.25, 0.3) is 11.4 Å². The summed E-state index contributed by atoms with van der Waals surface area (Å²) in [6.07, 6.45) is 0.0109. The van der Waals surface area contributed by atoms with Crippen LogP contribution in [-0.2, 0) is 16.1 Å². The molecular weight excluding hydrogens is 258 g/mol. The van der Waals surface area contributed by atoms with Crippen LogP contribution in [0.3, 0.4) is 0 Å². The zero-order valence-electron chi connectivity index (χ0n) is 9.77. The average Bonchev–Trinajstić information content (AvgIpc) is 2.36. The zero-order chi connectivity index (χ0) is 14.4. The van der Waals surface area contributed by atoms with Crippen LogP contribution in [0, 0.1) is 20.2 Å². The molecule has 0 saturated heterocycles. The Labute approximate surface area is 107 Å². The van der Waals surface area contributed by atoms with Crippen molar-refractivity contribution in [2.45, 2.75) is 13.0 Å². The number of nitrogens with two attached hydrogens (primary N) is 1. The van der Waals surface area contributed by atoms with Crippen LogP contribution in [0.15, 0.2) is 18.2 Å². The number of benzene rings is 1. The van der Waals surface area contributed by atoms with E-state index in [0.29, 0.717) is 0 Å². The number of esters is 1. The molecule has 0 aliphatic carbocycles. The van der Waals surface area contributed by atoms with Crippen LogP contribution in [-0.4, -0.2) is 22.4 Å². The Bertz CT molecular complexity index is 484. The summed E-state index contributed by atoms with van der Waals surface area (Å²) in [6.45, 7) is -0.157. The molecule has 102 valence electrons. The minimum atomic E-state index is -0.752. The van der Waals surface area contributed by atoms with E-state index in [-0.39, 0.29) is 25.1 Å². The van der Waals surface area contributed by atoms with Crippen molar-refractivity contribution >= 4 is 17.3 Å². The molecule has 9 nitrogen and oxygen atoms in total. The summed E-state index contributed by atoms with van der Waals surface area (Å²) in [5.74, 6) is -0.573. The first kappa shape index (κ1) is 14.5. The first-order valence-electron chi connectivity index (χ1n) is 5.22. The normalized spacial score (nSPS) is 9.95. The van der Waals surface area contributed by atoms with E-state index in [1.54, 1.807) is 0 Å². The second-order valence-electron chi connectivity index (χ2n) is 3.57. The third kappa shape index (κ3) is 4.32. The van der Waals surface area contributed by atoms with Crippen LogP contribution in [0.4, 0.5) is 11.4 Å². The van der Waals surface area contributed by atoms with E-state index in [4.69, 9.17) is 10.5 Å². The van der Waals surface area contributed by atoms with Gasteiger partial charge in [0, 0.05) is 24.2 Å². The monoisotopic (exact) mass is 269 g/mol. The smallest absolute Gasteiger partial charge is 0.307 e. The van der Waals surface area contributed by atoms with Gasteiger partial charge in [0.2, 0.25) is 0 Å². The first-order valence-corrected chi connectivity index (χ1v) is 5.22. The van der Waals surface area contributed by atoms with Gasteiger partial charge in [0.05, 0.1) is 22.3 Å². The maximum atomic E-state index is 11.1. The van der Waals surface area contributed by atoms with E-state index in [2.05, 4.69) is 0 Å². The lowest BCUT2D eigenvalue weighted by Gasteiger charge is -2.04. The van der Waals surface area contributed by atoms with E-state index in [0.717, 1.165) is 18.2 Å². The highest BCUT2D eigenvalue weighted by Gasteiger charge is 2.17. The van der Waals surface area contributed by atoms with E-state index in [1.165, 1.54) is 0 Å². The number of carbonyl (C=O) groups is 1. The maximum Gasteiger partial charge on any atom is 0.307 e. The second kappa shape index (κ2) is 6.40. The van der Waals surface area contributed by atoms with Crippen LogP contribution in [0.25, 0.3) is 0 Å². The molecule has 1 rings (SSSR count). The molecule has 0 bridgehead atoms. The quantitative estimate of drug-likeness (QED) is 0.459.